The van der Waals surface area contributed by atoms with Crippen molar-refractivity contribution in [1.29, 1.82) is 0 Å². The van der Waals surface area contributed by atoms with Crippen molar-refractivity contribution < 1.29 is 24.2 Å². The number of likely N-dealkylation sites (tertiary alicyclic amines) is 1. The van der Waals surface area contributed by atoms with Crippen molar-refractivity contribution >= 4 is 18.0 Å². The van der Waals surface area contributed by atoms with Gasteiger partial charge in [0.15, 0.2) is 0 Å². The van der Waals surface area contributed by atoms with E-state index < -0.39 is 24.1 Å². The number of nitrogens with zero attached hydrogens (tertiary/aromatic N) is 2. The van der Waals surface area contributed by atoms with Crippen molar-refractivity contribution in [1.82, 2.24) is 15.1 Å². The number of carboxylic acids is 1. The Morgan fingerprint density at radius 3 is 2.29 bits per heavy atom. The molecule has 8 heteroatoms. The highest BCUT2D eigenvalue weighted by atomic mass is 16.5. The molecule has 1 aliphatic heterocycles. The van der Waals surface area contributed by atoms with E-state index >= 15 is 0 Å². The van der Waals surface area contributed by atoms with E-state index in [0.29, 0.717) is 32.4 Å². The monoisotopic (exact) mass is 465 g/mol. The minimum absolute atomic E-state index is 0.0796. The van der Waals surface area contributed by atoms with Gasteiger partial charge in [-0.05, 0) is 62.2 Å². The minimum Gasteiger partial charge on any atom is -0.480 e. The van der Waals surface area contributed by atoms with E-state index in [-0.39, 0.29) is 18.4 Å². The van der Waals surface area contributed by atoms with Gasteiger partial charge in [0.05, 0.1) is 0 Å². The average Bonchev–Trinajstić information content (AvgIpc) is 3.43. The lowest BCUT2D eigenvalue weighted by atomic mass is 9.98. The molecule has 2 N–H and O–H groups in total. The van der Waals surface area contributed by atoms with Gasteiger partial charge in [-0.1, -0.05) is 48.5 Å². The van der Waals surface area contributed by atoms with Gasteiger partial charge in [0.25, 0.3) is 0 Å². The molecule has 0 saturated carbocycles. The van der Waals surface area contributed by atoms with Crippen molar-refractivity contribution in [2.75, 3.05) is 33.8 Å². The van der Waals surface area contributed by atoms with Crippen molar-refractivity contribution in [3.63, 3.8) is 0 Å². The third kappa shape index (κ3) is 4.92. The first kappa shape index (κ1) is 23.8. The molecule has 2 atom stereocenters. The normalized spacial score (nSPS) is 17.9. The molecule has 2 aliphatic rings. The Bertz CT molecular complexity index is 1020. The highest BCUT2D eigenvalue weighted by Crippen LogP contribution is 2.44. The second-order valence-electron chi connectivity index (χ2n) is 9.14. The van der Waals surface area contributed by atoms with Crippen molar-refractivity contribution in [2.45, 2.75) is 37.3 Å². The predicted molar refractivity (Wildman–Crippen MR) is 128 cm³/mol. The topological polar surface area (TPSA) is 99.2 Å². The average molecular weight is 466 g/mol. The van der Waals surface area contributed by atoms with Crippen LogP contribution in [0.4, 0.5) is 4.79 Å². The van der Waals surface area contributed by atoms with Crippen molar-refractivity contribution in [2.24, 2.45) is 0 Å². The van der Waals surface area contributed by atoms with Gasteiger partial charge in [0, 0.05) is 12.5 Å². The van der Waals surface area contributed by atoms with E-state index in [2.05, 4.69) is 17.4 Å². The number of ether oxygens (including phenoxy) is 1. The fourth-order valence-corrected chi connectivity index (χ4v) is 4.91. The molecule has 1 aliphatic carbocycles. The third-order valence-corrected chi connectivity index (χ3v) is 6.62. The van der Waals surface area contributed by atoms with Gasteiger partial charge in [-0.2, -0.15) is 0 Å². The molecule has 1 heterocycles. The lowest BCUT2D eigenvalue weighted by Gasteiger charge is -2.28. The molecule has 2 aromatic carbocycles. The fourth-order valence-electron chi connectivity index (χ4n) is 4.91. The van der Waals surface area contributed by atoms with Gasteiger partial charge in [0.1, 0.15) is 18.7 Å². The number of aliphatic carboxylic acids is 1. The zero-order valence-corrected chi connectivity index (χ0v) is 19.6. The van der Waals surface area contributed by atoms with Crippen LogP contribution in [0.15, 0.2) is 48.5 Å². The maximum Gasteiger partial charge on any atom is 0.407 e. The first-order chi connectivity index (χ1) is 16.4. The fraction of sp³-hybridized carbons (Fsp3) is 0.423. The standard InChI is InChI=1S/C26H31N3O5/c1-28(2)15-13-22(24(30)29-14-7-12-23(29)25(31)32)27-26(33)34-16-21-19-10-5-3-8-17(19)18-9-4-6-11-20(18)21/h3-6,8-11,21-23H,7,12-16H2,1-2H3,(H,27,33)(H,31,32)/t22?,23-/m0/s1. The summed E-state index contributed by atoms with van der Waals surface area (Å²) in [6.07, 6.45) is 0.740. The van der Waals surface area contributed by atoms with E-state index in [1.807, 2.05) is 55.4 Å². The van der Waals surface area contributed by atoms with Crippen molar-refractivity contribution in [3.8, 4) is 11.1 Å². The smallest absolute Gasteiger partial charge is 0.407 e. The van der Waals surface area contributed by atoms with Gasteiger partial charge in [0.2, 0.25) is 5.91 Å². The molecule has 0 radical (unpaired) electrons. The van der Waals surface area contributed by atoms with Crippen LogP contribution in [0.5, 0.6) is 0 Å². The van der Waals surface area contributed by atoms with E-state index in [1.165, 1.54) is 4.90 Å². The van der Waals surface area contributed by atoms with Gasteiger partial charge >= 0.3 is 12.1 Å². The first-order valence-electron chi connectivity index (χ1n) is 11.7. The van der Waals surface area contributed by atoms with Crippen LogP contribution in [-0.2, 0) is 14.3 Å². The van der Waals surface area contributed by atoms with Crippen LogP contribution in [0.2, 0.25) is 0 Å². The maximum absolute atomic E-state index is 13.2. The number of rotatable bonds is 8. The molecule has 34 heavy (non-hydrogen) atoms. The predicted octanol–water partition coefficient (Wildman–Crippen LogP) is 2.92. The Hall–Kier alpha value is -3.39. The number of carbonyl (C=O) groups excluding carboxylic acids is 2. The van der Waals surface area contributed by atoms with Crippen LogP contribution in [0.3, 0.4) is 0 Å². The van der Waals surface area contributed by atoms with Crippen LogP contribution >= 0.6 is 0 Å². The number of carbonyl (C=O) groups is 3. The Labute approximate surface area is 199 Å². The molecule has 0 spiro atoms. The molecular formula is C26H31N3O5. The third-order valence-electron chi connectivity index (χ3n) is 6.62. The summed E-state index contributed by atoms with van der Waals surface area (Å²) in [5, 5.41) is 12.2. The Morgan fingerprint density at radius 2 is 1.71 bits per heavy atom. The van der Waals surface area contributed by atoms with E-state index in [9.17, 15) is 19.5 Å². The summed E-state index contributed by atoms with van der Waals surface area (Å²) < 4.78 is 5.61. The summed E-state index contributed by atoms with van der Waals surface area (Å²) >= 11 is 0. The van der Waals surface area contributed by atoms with Crippen molar-refractivity contribution in [3.05, 3.63) is 59.7 Å². The summed E-state index contributed by atoms with van der Waals surface area (Å²) in [6.45, 7) is 1.09. The molecular weight excluding hydrogens is 434 g/mol. The number of nitrogens with one attached hydrogen (secondary N) is 1. The second-order valence-corrected chi connectivity index (χ2v) is 9.14. The molecule has 0 aromatic heterocycles. The van der Waals surface area contributed by atoms with Crippen LogP contribution in [0, 0.1) is 0 Å². The molecule has 1 saturated heterocycles. The lowest BCUT2D eigenvalue weighted by Crippen LogP contribution is -2.52. The number of fused-ring (bicyclic) bond motifs is 3. The Kier molecular flexibility index (Phi) is 7.17. The van der Waals surface area contributed by atoms with Crippen LogP contribution in [0.25, 0.3) is 11.1 Å². The van der Waals surface area contributed by atoms with Crippen LogP contribution in [-0.4, -0.2) is 78.8 Å². The number of hydrogen-bond donors (Lipinski definition) is 2. The molecule has 2 amide bonds. The van der Waals surface area contributed by atoms with Crippen LogP contribution in [0.1, 0.15) is 36.3 Å². The second kappa shape index (κ2) is 10.3. The summed E-state index contributed by atoms with van der Waals surface area (Å²) in [4.78, 5) is 40.8. The Morgan fingerprint density at radius 1 is 1.09 bits per heavy atom. The highest BCUT2D eigenvalue weighted by molar-refractivity contribution is 5.89. The first-order valence-corrected chi connectivity index (χ1v) is 11.7. The van der Waals surface area contributed by atoms with Gasteiger partial charge in [-0.3, -0.25) is 4.79 Å². The maximum atomic E-state index is 13.2. The molecule has 180 valence electrons. The van der Waals surface area contributed by atoms with Gasteiger partial charge < -0.3 is 25.0 Å². The quantitative estimate of drug-likeness (QED) is 0.622. The zero-order chi connectivity index (χ0) is 24.2. The Balaban J connectivity index is 1.44. The zero-order valence-electron chi connectivity index (χ0n) is 19.6. The number of benzene rings is 2. The summed E-state index contributed by atoms with van der Waals surface area (Å²) in [5.74, 6) is -1.47. The summed E-state index contributed by atoms with van der Waals surface area (Å²) in [7, 11) is 3.76. The number of alkyl carbamates (subject to hydrolysis) is 1. The van der Waals surface area contributed by atoms with E-state index in [0.717, 1.165) is 22.3 Å². The minimum atomic E-state index is -1.02. The molecule has 1 fully saturated rings. The number of hydrogen-bond acceptors (Lipinski definition) is 5. The molecule has 8 nitrogen and oxygen atoms in total. The SMILES string of the molecule is CN(C)CCC(NC(=O)OCC1c2ccccc2-c2ccccc21)C(=O)N1CCC[C@H]1C(=O)O. The van der Waals surface area contributed by atoms with Crippen LogP contribution < -0.4 is 5.32 Å². The van der Waals surface area contributed by atoms with E-state index in [1.54, 1.807) is 0 Å². The number of carboxylic acid groups (broad SMARTS) is 1. The molecule has 4 rings (SSSR count). The van der Waals surface area contributed by atoms with Gasteiger partial charge in [-0.15, -0.1) is 0 Å². The molecule has 2 aromatic rings. The lowest BCUT2D eigenvalue weighted by molar-refractivity contribution is -0.149. The summed E-state index contributed by atoms with van der Waals surface area (Å²) in [6, 6.07) is 14.5. The largest absolute Gasteiger partial charge is 0.480 e. The van der Waals surface area contributed by atoms with E-state index in [4.69, 9.17) is 4.74 Å². The summed E-state index contributed by atoms with van der Waals surface area (Å²) in [5.41, 5.74) is 4.50. The molecule has 0 bridgehead atoms. The molecule has 1 unspecified atom stereocenters. The number of amides is 2. The van der Waals surface area contributed by atoms with Gasteiger partial charge in [-0.25, -0.2) is 9.59 Å². The highest BCUT2D eigenvalue weighted by Gasteiger charge is 2.38.